The molecule has 0 unspecified atom stereocenters. The quantitative estimate of drug-likeness (QED) is 0.595. The molecule has 0 aromatic carbocycles. The van der Waals surface area contributed by atoms with Crippen molar-refractivity contribution in [1.29, 1.82) is 0 Å². The first kappa shape index (κ1) is 7.99. The highest BCUT2D eigenvalue weighted by Crippen LogP contribution is 2.15. The lowest BCUT2D eigenvalue weighted by Crippen LogP contribution is -1.92. The normalized spacial score (nSPS) is 9.73. The second-order valence-electron chi connectivity index (χ2n) is 2.88. The molecule has 0 aliphatic carbocycles. The van der Waals surface area contributed by atoms with Crippen LogP contribution in [0.1, 0.15) is 23.7 Å². The molecule has 1 heterocycles. The van der Waals surface area contributed by atoms with E-state index in [1.807, 2.05) is 19.2 Å². The summed E-state index contributed by atoms with van der Waals surface area (Å²) in [6, 6.07) is 2.02. The van der Waals surface area contributed by atoms with Crippen LogP contribution in [0.25, 0.3) is 5.57 Å². The van der Waals surface area contributed by atoms with Crippen LogP contribution in [0.3, 0.4) is 0 Å². The topological polar surface area (TPSA) is 12.9 Å². The fourth-order valence-corrected chi connectivity index (χ4v) is 1.06. The molecule has 58 valence electrons. The summed E-state index contributed by atoms with van der Waals surface area (Å²) in [5, 5.41) is 0. The van der Waals surface area contributed by atoms with Gasteiger partial charge >= 0.3 is 0 Å². The number of nitrogens with zero attached hydrogens (tertiary/aromatic N) is 1. The van der Waals surface area contributed by atoms with Crippen molar-refractivity contribution >= 4 is 5.57 Å². The average molecular weight is 147 g/mol. The third-order valence-electron chi connectivity index (χ3n) is 1.88. The Kier molecular flexibility index (Phi) is 2.08. The van der Waals surface area contributed by atoms with Gasteiger partial charge in [0.25, 0.3) is 0 Å². The molecule has 0 saturated carbocycles. The molecule has 0 amide bonds. The molecule has 0 N–H and O–H groups in total. The minimum Gasteiger partial charge on any atom is -0.256 e. The number of hydrogen-bond donors (Lipinski definition) is 0. The van der Waals surface area contributed by atoms with Crippen LogP contribution in [0.4, 0.5) is 0 Å². The maximum Gasteiger partial charge on any atom is 0.0684 e. The maximum atomic E-state index is 4.24. The van der Waals surface area contributed by atoms with Crippen LogP contribution in [0, 0.1) is 13.8 Å². The molecule has 0 aliphatic rings. The van der Waals surface area contributed by atoms with Crippen molar-refractivity contribution in [2.75, 3.05) is 0 Å². The molecule has 1 nitrogen and oxygen atoms in total. The second kappa shape index (κ2) is 2.87. The SMILES string of the molecule is C=C(C)c1nccc(C)c1C. The molecule has 0 aliphatic heterocycles. The molecule has 0 atom stereocenters. The van der Waals surface area contributed by atoms with Crippen LogP contribution in [-0.2, 0) is 0 Å². The van der Waals surface area contributed by atoms with Crippen molar-refractivity contribution in [3.8, 4) is 0 Å². The largest absolute Gasteiger partial charge is 0.256 e. The van der Waals surface area contributed by atoms with E-state index in [1.165, 1.54) is 11.1 Å². The Labute approximate surface area is 67.8 Å². The van der Waals surface area contributed by atoms with Gasteiger partial charge in [-0.05, 0) is 43.5 Å². The Balaban J connectivity index is 3.27. The number of aryl methyl sites for hydroxylation is 1. The van der Waals surface area contributed by atoms with Gasteiger partial charge in [0.1, 0.15) is 0 Å². The smallest absolute Gasteiger partial charge is 0.0684 e. The van der Waals surface area contributed by atoms with Gasteiger partial charge in [0.05, 0.1) is 5.69 Å². The van der Waals surface area contributed by atoms with Gasteiger partial charge in [-0.1, -0.05) is 6.58 Å². The summed E-state index contributed by atoms with van der Waals surface area (Å²) in [7, 11) is 0. The van der Waals surface area contributed by atoms with Gasteiger partial charge in [-0.3, -0.25) is 4.98 Å². The first-order valence-corrected chi connectivity index (χ1v) is 3.71. The van der Waals surface area contributed by atoms with Crippen LogP contribution < -0.4 is 0 Å². The van der Waals surface area contributed by atoms with E-state index in [2.05, 4.69) is 25.4 Å². The van der Waals surface area contributed by atoms with Crippen LogP contribution in [0.15, 0.2) is 18.8 Å². The summed E-state index contributed by atoms with van der Waals surface area (Å²) in [6.07, 6.45) is 1.83. The highest BCUT2D eigenvalue weighted by molar-refractivity contribution is 5.61. The molecule has 11 heavy (non-hydrogen) atoms. The lowest BCUT2D eigenvalue weighted by atomic mass is 10.1. The first-order valence-electron chi connectivity index (χ1n) is 3.71. The van der Waals surface area contributed by atoms with Crippen molar-refractivity contribution in [2.45, 2.75) is 20.8 Å². The Morgan fingerprint density at radius 3 is 2.55 bits per heavy atom. The van der Waals surface area contributed by atoms with Crippen molar-refractivity contribution in [2.24, 2.45) is 0 Å². The number of rotatable bonds is 1. The maximum absolute atomic E-state index is 4.24. The third-order valence-corrected chi connectivity index (χ3v) is 1.88. The van der Waals surface area contributed by atoms with Gasteiger partial charge in [-0.25, -0.2) is 0 Å². The lowest BCUT2D eigenvalue weighted by molar-refractivity contribution is 1.17. The second-order valence-corrected chi connectivity index (χ2v) is 2.88. The monoisotopic (exact) mass is 147 g/mol. The van der Waals surface area contributed by atoms with Crippen LogP contribution in [-0.4, -0.2) is 4.98 Å². The van der Waals surface area contributed by atoms with E-state index in [0.29, 0.717) is 0 Å². The Hall–Kier alpha value is -1.11. The van der Waals surface area contributed by atoms with Gasteiger partial charge < -0.3 is 0 Å². The first-order chi connectivity index (χ1) is 5.13. The molecule has 1 heteroatoms. The predicted octanol–water partition coefficient (Wildman–Crippen LogP) is 2.73. The summed E-state index contributed by atoms with van der Waals surface area (Å²) in [5.74, 6) is 0. The van der Waals surface area contributed by atoms with Gasteiger partial charge in [-0.2, -0.15) is 0 Å². The van der Waals surface area contributed by atoms with Gasteiger partial charge in [-0.15, -0.1) is 0 Å². The summed E-state index contributed by atoms with van der Waals surface area (Å²) in [4.78, 5) is 4.24. The van der Waals surface area contributed by atoms with E-state index < -0.39 is 0 Å². The molecule has 1 rings (SSSR count). The van der Waals surface area contributed by atoms with Gasteiger partial charge in [0.15, 0.2) is 0 Å². The Morgan fingerprint density at radius 1 is 1.45 bits per heavy atom. The van der Waals surface area contributed by atoms with E-state index in [-0.39, 0.29) is 0 Å². The summed E-state index contributed by atoms with van der Waals surface area (Å²) < 4.78 is 0. The van der Waals surface area contributed by atoms with E-state index in [4.69, 9.17) is 0 Å². The number of pyridine rings is 1. The van der Waals surface area contributed by atoms with Crippen molar-refractivity contribution in [3.63, 3.8) is 0 Å². The Bertz CT molecular complexity index is 287. The van der Waals surface area contributed by atoms with Crippen LogP contribution >= 0.6 is 0 Å². The third kappa shape index (κ3) is 1.48. The minimum atomic E-state index is 1.03. The molecule has 1 aromatic heterocycles. The summed E-state index contributed by atoms with van der Waals surface area (Å²) in [6.45, 7) is 10.0. The van der Waals surface area contributed by atoms with Crippen LogP contribution in [0.2, 0.25) is 0 Å². The zero-order chi connectivity index (χ0) is 8.43. The Morgan fingerprint density at radius 2 is 2.09 bits per heavy atom. The predicted molar refractivity (Wildman–Crippen MR) is 48.4 cm³/mol. The number of allylic oxidation sites excluding steroid dienone is 1. The molecule has 0 bridgehead atoms. The van der Waals surface area contributed by atoms with Crippen molar-refractivity contribution < 1.29 is 0 Å². The molecule has 0 fully saturated rings. The van der Waals surface area contributed by atoms with E-state index in [0.717, 1.165) is 11.3 Å². The van der Waals surface area contributed by atoms with E-state index in [1.54, 1.807) is 0 Å². The molecular formula is C10H13N. The number of aromatic nitrogens is 1. The average Bonchev–Trinajstić information content (AvgIpc) is 1.94. The molecule has 0 saturated heterocycles. The lowest BCUT2D eigenvalue weighted by Gasteiger charge is -2.05. The molecular weight excluding hydrogens is 134 g/mol. The fourth-order valence-electron chi connectivity index (χ4n) is 1.06. The molecule has 1 aromatic rings. The number of hydrogen-bond acceptors (Lipinski definition) is 1. The molecule has 0 spiro atoms. The highest BCUT2D eigenvalue weighted by Gasteiger charge is 2.00. The van der Waals surface area contributed by atoms with Crippen molar-refractivity contribution in [1.82, 2.24) is 4.98 Å². The van der Waals surface area contributed by atoms with Gasteiger partial charge in [0, 0.05) is 6.20 Å². The van der Waals surface area contributed by atoms with E-state index >= 15 is 0 Å². The fraction of sp³-hybridized carbons (Fsp3) is 0.300. The van der Waals surface area contributed by atoms with Crippen molar-refractivity contribution in [3.05, 3.63) is 35.7 Å². The standard InChI is InChI=1S/C10H13N/c1-7(2)10-9(4)8(3)5-6-11-10/h5-6H,1H2,2-4H3. The van der Waals surface area contributed by atoms with Crippen LogP contribution in [0.5, 0.6) is 0 Å². The summed E-state index contributed by atoms with van der Waals surface area (Å²) in [5.41, 5.74) is 4.58. The molecule has 0 radical (unpaired) electrons. The zero-order valence-corrected chi connectivity index (χ0v) is 7.31. The highest BCUT2D eigenvalue weighted by atomic mass is 14.7. The van der Waals surface area contributed by atoms with E-state index in [9.17, 15) is 0 Å². The summed E-state index contributed by atoms with van der Waals surface area (Å²) >= 11 is 0. The minimum absolute atomic E-state index is 1.03. The zero-order valence-electron chi connectivity index (χ0n) is 7.31. The van der Waals surface area contributed by atoms with Gasteiger partial charge in [0.2, 0.25) is 0 Å².